The molecule has 0 amide bonds. The lowest BCUT2D eigenvalue weighted by molar-refractivity contribution is 0.199. The van der Waals surface area contributed by atoms with Crippen LogP contribution in [0.1, 0.15) is 24.8 Å². The third kappa shape index (κ3) is 3.50. The van der Waals surface area contributed by atoms with Crippen molar-refractivity contribution in [2.75, 3.05) is 13.1 Å². The Labute approximate surface area is 112 Å². The van der Waals surface area contributed by atoms with Crippen LogP contribution in [-0.2, 0) is 16.6 Å². The highest BCUT2D eigenvalue weighted by atomic mass is 32.2. The Bertz CT molecular complexity index is 542. The number of nitrogens with zero attached hydrogens (tertiary/aromatic N) is 1. The standard InChI is InChI=1S/C12H17FN2O3S/c13-11-8-10(9-16)4-5-12(11)19(17,18)14-15-6-2-1-3-7-15/h4-5,8,14,16H,1-3,6-7,9H2. The van der Waals surface area contributed by atoms with Crippen molar-refractivity contribution in [3.63, 3.8) is 0 Å². The molecule has 1 aromatic rings. The minimum absolute atomic E-state index is 0.323. The van der Waals surface area contributed by atoms with Crippen molar-refractivity contribution in [2.45, 2.75) is 30.8 Å². The van der Waals surface area contributed by atoms with Gasteiger partial charge in [-0.2, -0.15) is 0 Å². The number of hydrazine groups is 1. The van der Waals surface area contributed by atoms with Gasteiger partial charge in [0.15, 0.2) is 0 Å². The number of benzene rings is 1. The Hall–Kier alpha value is -1.02. The van der Waals surface area contributed by atoms with E-state index in [4.69, 9.17) is 5.11 Å². The van der Waals surface area contributed by atoms with E-state index in [1.54, 1.807) is 5.01 Å². The molecule has 0 aromatic heterocycles. The number of aliphatic hydroxyl groups excluding tert-OH is 1. The Morgan fingerprint density at radius 3 is 2.53 bits per heavy atom. The zero-order chi connectivity index (χ0) is 13.9. The van der Waals surface area contributed by atoms with Crippen LogP contribution in [0.3, 0.4) is 0 Å². The van der Waals surface area contributed by atoms with Gasteiger partial charge in [0, 0.05) is 13.1 Å². The summed E-state index contributed by atoms with van der Waals surface area (Å²) in [5.74, 6) is -0.851. The van der Waals surface area contributed by atoms with Gasteiger partial charge in [0.25, 0.3) is 10.0 Å². The topological polar surface area (TPSA) is 69.6 Å². The molecule has 0 atom stereocenters. The van der Waals surface area contributed by atoms with Crippen LogP contribution in [0.4, 0.5) is 4.39 Å². The minimum Gasteiger partial charge on any atom is -0.392 e. The molecule has 0 aliphatic carbocycles. The molecule has 5 nitrogen and oxygen atoms in total. The summed E-state index contributed by atoms with van der Waals surface area (Å²) in [6.45, 7) is 0.946. The molecule has 7 heteroatoms. The van der Waals surface area contributed by atoms with Gasteiger partial charge in [-0.05, 0) is 30.5 Å². The first-order valence-electron chi connectivity index (χ1n) is 6.19. The van der Waals surface area contributed by atoms with Crippen LogP contribution < -0.4 is 4.83 Å². The van der Waals surface area contributed by atoms with Crippen LogP contribution in [0.15, 0.2) is 23.1 Å². The molecule has 0 unspecified atom stereocenters. The van der Waals surface area contributed by atoms with Gasteiger partial charge in [-0.3, -0.25) is 0 Å². The molecular weight excluding hydrogens is 271 g/mol. The fourth-order valence-electron chi connectivity index (χ4n) is 2.06. The van der Waals surface area contributed by atoms with Crippen molar-refractivity contribution in [2.24, 2.45) is 0 Å². The normalized spacial score (nSPS) is 17.6. The summed E-state index contributed by atoms with van der Waals surface area (Å²) in [6.07, 6.45) is 2.93. The molecular formula is C12H17FN2O3S. The number of sulfonamides is 1. The Balaban J connectivity index is 2.18. The fraction of sp³-hybridized carbons (Fsp3) is 0.500. The molecule has 19 heavy (non-hydrogen) atoms. The minimum atomic E-state index is -3.90. The maximum absolute atomic E-state index is 13.7. The van der Waals surface area contributed by atoms with E-state index in [0.29, 0.717) is 18.7 Å². The highest BCUT2D eigenvalue weighted by Crippen LogP contribution is 2.17. The Morgan fingerprint density at radius 1 is 1.26 bits per heavy atom. The third-order valence-corrected chi connectivity index (χ3v) is 4.48. The van der Waals surface area contributed by atoms with Crippen LogP contribution in [0, 0.1) is 5.82 Å². The average Bonchev–Trinajstić information content (AvgIpc) is 2.38. The zero-order valence-corrected chi connectivity index (χ0v) is 11.3. The third-order valence-electron chi connectivity index (χ3n) is 3.07. The lowest BCUT2D eigenvalue weighted by atomic mass is 10.2. The van der Waals surface area contributed by atoms with Crippen molar-refractivity contribution in [3.05, 3.63) is 29.6 Å². The van der Waals surface area contributed by atoms with Crippen molar-refractivity contribution < 1.29 is 17.9 Å². The molecule has 1 heterocycles. The number of aliphatic hydroxyl groups is 1. The van der Waals surface area contributed by atoms with Gasteiger partial charge in [-0.1, -0.05) is 12.5 Å². The second kappa shape index (κ2) is 5.96. The van der Waals surface area contributed by atoms with Gasteiger partial charge < -0.3 is 5.11 Å². The van der Waals surface area contributed by atoms with Gasteiger partial charge >= 0.3 is 0 Å². The van der Waals surface area contributed by atoms with Crippen LogP contribution in [0.5, 0.6) is 0 Å². The molecule has 0 bridgehead atoms. The smallest absolute Gasteiger partial charge is 0.256 e. The van der Waals surface area contributed by atoms with Crippen LogP contribution >= 0.6 is 0 Å². The fourth-order valence-corrected chi connectivity index (χ4v) is 3.25. The molecule has 1 aliphatic heterocycles. The van der Waals surface area contributed by atoms with Crippen LogP contribution in [-0.4, -0.2) is 31.6 Å². The van der Waals surface area contributed by atoms with Gasteiger partial charge in [-0.25, -0.2) is 17.8 Å². The predicted octanol–water partition coefficient (Wildman–Crippen LogP) is 0.997. The summed E-state index contributed by atoms with van der Waals surface area (Å²) >= 11 is 0. The summed E-state index contributed by atoms with van der Waals surface area (Å²) in [7, 11) is -3.90. The summed E-state index contributed by atoms with van der Waals surface area (Å²) in [5, 5.41) is 10.5. The van der Waals surface area contributed by atoms with E-state index in [0.717, 1.165) is 25.3 Å². The van der Waals surface area contributed by atoms with E-state index in [1.165, 1.54) is 12.1 Å². The number of hydrogen-bond donors (Lipinski definition) is 2. The SMILES string of the molecule is O=S(=O)(NN1CCCCC1)c1ccc(CO)cc1F. The quantitative estimate of drug-likeness (QED) is 0.867. The molecule has 1 fully saturated rings. The van der Waals surface area contributed by atoms with Gasteiger partial charge in [0.05, 0.1) is 6.61 Å². The second-order valence-electron chi connectivity index (χ2n) is 4.57. The summed E-state index contributed by atoms with van der Waals surface area (Å²) in [4.78, 5) is 2.00. The van der Waals surface area contributed by atoms with Gasteiger partial charge in [0.2, 0.25) is 0 Å². The molecule has 0 saturated carbocycles. The average molecular weight is 288 g/mol. The van der Waals surface area contributed by atoms with Gasteiger partial charge in [-0.15, -0.1) is 4.83 Å². The van der Waals surface area contributed by atoms with E-state index in [1.807, 2.05) is 0 Å². The number of piperidine rings is 1. The Kier molecular flexibility index (Phi) is 4.51. The van der Waals surface area contributed by atoms with E-state index in [2.05, 4.69) is 4.83 Å². The Morgan fingerprint density at radius 2 is 1.95 bits per heavy atom. The van der Waals surface area contributed by atoms with E-state index < -0.39 is 20.7 Å². The first-order valence-corrected chi connectivity index (χ1v) is 7.68. The predicted molar refractivity (Wildman–Crippen MR) is 68.1 cm³/mol. The highest BCUT2D eigenvalue weighted by Gasteiger charge is 2.23. The number of rotatable bonds is 4. The van der Waals surface area contributed by atoms with Gasteiger partial charge in [0.1, 0.15) is 10.7 Å². The number of halogens is 1. The summed E-state index contributed by atoms with van der Waals surface area (Å²) in [5.41, 5.74) is 0.342. The monoisotopic (exact) mass is 288 g/mol. The molecule has 1 aliphatic rings. The van der Waals surface area contributed by atoms with E-state index in [-0.39, 0.29) is 6.61 Å². The zero-order valence-electron chi connectivity index (χ0n) is 10.5. The van der Waals surface area contributed by atoms with E-state index in [9.17, 15) is 12.8 Å². The maximum Gasteiger partial charge on any atom is 0.256 e. The number of hydrogen-bond acceptors (Lipinski definition) is 4. The van der Waals surface area contributed by atoms with Crippen molar-refractivity contribution in [3.8, 4) is 0 Å². The molecule has 0 radical (unpaired) electrons. The molecule has 2 rings (SSSR count). The van der Waals surface area contributed by atoms with Crippen molar-refractivity contribution in [1.29, 1.82) is 0 Å². The summed E-state index contributed by atoms with van der Waals surface area (Å²) < 4.78 is 37.9. The largest absolute Gasteiger partial charge is 0.392 e. The van der Waals surface area contributed by atoms with Crippen molar-refractivity contribution in [1.82, 2.24) is 9.84 Å². The second-order valence-corrected chi connectivity index (χ2v) is 6.19. The van der Waals surface area contributed by atoms with E-state index >= 15 is 0 Å². The lowest BCUT2D eigenvalue weighted by Crippen LogP contribution is -2.45. The lowest BCUT2D eigenvalue weighted by Gasteiger charge is -2.26. The molecule has 0 spiro atoms. The first-order chi connectivity index (χ1) is 9.03. The number of nitrogens with one attached hydrogen (secondary N) is 1. The first kappa shape index (κ1) is 14.4. The molecule has 2 N–H and O–H groups in total. The molecule has 1 aromatic carbocycles. The summed E-state index contributed by atoms with van der Waals surface area (Å²) in [6, 6.07) is 3.60. The molecule has 106 valence electrons. The van der Waals surface area contributed by atoms with Crippen LogP contribution in [0.25, 0.3) is 0 Å². The van der Waals surface area contributed by atoms with Crippen LogP contribution in [0.2, 0.25) is 0 Å². The molecule has 1 saturated heterocycles. The van der Waals surface area contributed by atoms with Crippen molar-refractivity contribution >= 4 is 10.0 Å². The maximum atomic E-state index is 13.7. The highest BCUT2D eigenvalue weighted by molar-refractivity contribution is 7.89.